The lowest BCUT2D eigenvalue weighted by molar-refractivity contribution is 0.475. The van der Waals surface area contributed by atoms with Crippen LogP contribution >= 0.6 is 12.2 Å². The van der Waals surface area contributed by atoms with Crippen molar-refractivity contribution >= 4 is 23.2 Å². The van der Waals surface area contributed by atoms with E-state index in [0.29, 0.717) is 10.5 Å². The van der Waals surface area contributed by atoms with Crippen molar-refractivity contribution in [1.29, 1.82) is 0 Å². The minimum absolute atomic E-state index is 0.215. The smallest absolute Gasteiger partial charge is 0.197 e. The summed E-state index contributed by atoms with van der Waals surface area (Å²) in [4.78, 5) is 7.42. The average Bonchev–Trinajstić information content (AvgIpc) is 2.99. The molecule has 0 fully saturated rings. The Balaban J connectivity index is 1.86. The van der Waals surface area contributed by atoms with E-state index in [1.54, 1.807) is 24.3 Å². The predicted molar refractivity (Wildman–Crippen MR) is 91.7 cm³/mol. The van der Waals surface area contributed by atoms with Crippen LogP contribution in [0.15, 0.2) is 65.1 Å². The summed E-state index contributed by atoms with van der Waals surface area (Å²) in [6, 6.07) is 18.5. The van der Waals surface area contributed by atoms with Gasteiger partial charge in [0.2, 0.25) is 0 Å². The molecule has 23 heavy (non-hydrogen) atoms. The number of aromatic amines is 1. The van der Waals surface area contributed by atoms with Crippen LogP contribution in [0, 0.1) is 4.77 Å². The van der Waals surface area contributed by atoms with Crippen LogP contribution in [-0.4, -0.2) is 15.1 Å². The second kappa shape index (κ2) is 5.37. The van der Waals surface area contributed by atoms with E-state index in [0.717, 1.165) is 27.9 Å². The third-order valence-corrected chi connectivity index (χ3v) is 3.79. The highest BCUT2D eigenvalue weighted by molar-refractivity contribution is 7.71. The van der Waals surface area contributed by atoms with E-state index in [2.05, 4.69) is 9.97 Å². The molecule has 0 aliphatic heterocycles. The van der Waals surface area contributed by atoms with Gasteiger partial charge in [-0.2, -0.15) is 0 Å². The number of furan rings is 1. The zero-order chi connectivity index (χ0) is 15.8. The third kappa shape index (κ3) is 2.62. The van der Waals surface area contributed by atoms with Gasteiger partial charge in [-0.15, -0.1) is 0 Å². The lowest BCUT2D eigenvalue weighted by Gasteiger charge is -2.04. The van der Waals surface area contributed by atoms with Crippen molar-refractivity contribution in [1.82, 2.24) is 9.97 Å². The number of fused-ring (bicyclic) bond motifs is 1. The standard InChI is InChI=1S/C18H12N2O2S/c21-13-7-5-11(6-8-13)14-10-15(20-18(23)19-14)17-9-12-3-1-2-4-16(12)22-17/h1-10,21H,(H,19,20,23). The van der Waals surface area contributed by atoms with Crippen LogP contribution < -0.4 is 0 Å². The van der Waals surface area contributed by atoms with Crippen LogP contribution in [0.2, 0.25) is 0 Å². The molecular formula is C18H12N2O2S. The number of benzene rings is 2. The normalized spacial score (nSPS) is 11.0. The first-order valence-corrected chi connectivity index (χ1v) is 7.49. The Hall–Kier alpha value is -2.92. The van der Waals surface area contributed by atoms with Crippen molar-refractivity contribution < 1.29 is 9.52 Å². The lowest BCUT2D eigenvalue weighted by atomic mass is 10.1. The van der Waals surface area contributed by atoms with Crippen molar-refractivity contribution in [2.24, 2.45) is 0 Å². The Kier molecular flexibility index (Phi) is 3.20. The van der Waals surface area contributed by atoms with Crippen LogP contribution in [0.4, 0.5) is 0 Å². The highest BCUT2D eigenvalue weighted by Crippen LogP contribution is 2.29. The fraction of sp³-hybridized carbons (Fsp3) is 0. The molecular weight excluding hydrogens is 308 g/mol. The van der Waals surface area contributed by atoms with Crippen LogP contribution in [0.1, 0.15) is 0 Å². The Morgan fingerprint density at radius 2 is 1.78 bits per heavy atom. The molecule has 2 heterocycles. The summed E-state index contributed by atoms with van der Waals surface area (Å²) in [7, 11) is 0. The van der Waals surface area contributed by atoms with Crippen molar-refractivity contribution in [3.8, 4) is 28.5 Å². The number of nitrogens with zero attached hydrogens (tertiary/aromatic N) is 1. The van der Waals surface area contributed by atoms with E-state index < -0.39 is 0 Å². The number of phenolic OH excluding ortho intramolecular Hbond substituents is 1. The number of nitrogens with one attached hydrogen (secondary N) is 1. The summed E-state index contributed by atoms with van der Waals surface area (Å²) in [6.07, 6.45) is 0. The molecule has 2 aromatic heterocycles. The minimum atomic E-state index is 0.215. The van der Waals surface area contributed by atoms with Gasteiger partial charge in [-0.3, -0.25) is 0 Å². The van der Waals surface area contributed by atoms with Gasteiger partial charge in [0.05, 0.1) is 11.4 Å². The second-order valence-electron chi connectivity index (χ2n) is 5.18. The number of aromatic nitrogens is 2. The van der Waals surface area contributed by atoms with Gasteiger partial charge in [0.15, 0.2) is 10.5 Å². The molecule has 0 aliphatic carbocycles. The molecule has 4 rings (SSSR count). The van der Waals surface area contributed by atoms with Gasteiger partial charge >= 0.3 is 0 Å². The van der Waals surface area contributed by atoms with E-state index >= 15 is 0 Å². The molecule has 0 saturated carbocycles. The summed E-state index contributed by atoms with van der Waals surface area (Å²) in [5.74, 6) is 0.923. The maximum Gasteiger partial charge on any atom is 0.197 e. The van der Waals surface area contributed by atoms with E-state index in [4.69, 9.17) is 16.6 Å². The maximum absolute atomic E-state index is 9.41. The lowest BCUT2D eigenvalue weighted by Crippen LogP contribution is -1.90. The number of H-pyrrole nitrogens is 1. The number of aromatic hydroxyl groups is 1. The Labute approximate surface area is 137 Å². The molecule has 0 bridgehead atoms. The second-order valence-corrected chi connectivity index (χ2v) is 5.57. The molecule has 0 saturated heterocycles. The zero-order valence-electron chi connectivity index (χ0n) is 12.0. The van der Waals surface area contributed by atoms with Gasteiger partial charge in [-0.25, -0.2) is 4.98 Å². The van der Waals surface area contributed by atoms with E-state index in [9.17, 15) is 5.11 Å². The topological polar surface area (TPSA) is 62.1 Å². The van der Waals surface area contributed by atoms with Crippen molar-refractivity contribution in [2.45, 2.75) is 0 Å². The molecule has 2 aromatic carbocycles. The van der Waals surface area contributed by atoms with Gasteiger partial charge in [0.25, 0.3) is 0 Å². The van der Waals surface area contributed by atoms with E-state index in [-0.39, 0.29) is 5.75 Å². The number of phenols is 1. The third-order valence-electron chi connectivity index (χ3n) is 3.60. The van der Waals surface area contributed by atoms with Gasteiger partial charge in [0.1, 0.15) is 11.3 Å². The van der Waals surface area contributed by atoms with Crippen LogP contribution in [0.5, 0.6) is 5.75 Å². The first kappa shape index (κ1) is 13.7. The summed E-state index contributed by atoms with van der Waals surface area (Å²) in [5, 5.41) is 10.4. The monoisotopic (exact) mass is 320 g/mol. The molecule has 0 unspecified atom stereocenters. The molecule has 0 aliphatic rings. The highest BCUT2D eigenvalue weighted by atomic mass is 32.1. The van der Waals surface area contributed by atoms with Crippen molar-refractivity contribution in [2.75, 3.05) is 0 Å². The fourth-order valence-corrected chi connectivity index (χ4v) is 2.69. The Morgan fingerprint density at radius 3 is 2.57 bits per heavy atom. The Morgan fingerprint density at radius 1 is 1.00 bits per heavy atom. The van der Waals surface area contributed by atoms with Gasteiger partial charge in [-0.05, 0) is 54.7 Å². The zero-order valence-corrected chi connectivity index (χ0v) is 12.8. The molecule has 0 amide bonds. The average molecular weight is 320 g/mol. The number of rotatable bonds is 2. The maximum atomic E-state index is 9.41. The SMILES string of the molecule is Oc1ccc(-c2cc(-c3cc4ccccc4o3)[nH]c(=S)n2)cc1. The summed E-state index contributed by atoms with van der Waals surface area (Å²) in [5.41, 5.74) is 3.19. The van der Waals surface area contributed by atoms with Crippen molar-refractivity contribution in [3.63, 3.8) is 0 Å². The van der Waals surface area contributed by atoms with Crippen LogP contribution in [0.3, 0.4) is 0 Å². The summed E-state index contributed by atoms with van der Waals surface area (Å²) >= 11 is 5.24. The van der Waals surface area contributed by atoms with Crippen LogP contribution in [-0.2, 0) is 0 Å². The Bertz CT molecular complexity index is 1020. The molecule has 0 spiro atoms. The quantitative estimate of drug-likeness (QED) is 0.514. The molecule has 4 nitrogen and oxygen atoms in total. The van der Waals surface area contributed by atoms with E-state index in [1.807, 2.05) is 36.4 Å². The number of hydrogen-bond donors (Lipinski definition) is 2. The van der Waals surface area contributed by atoms with Crippen molar-refractivity contribution in [3.05, 3.63) is 65.4 Å². The molecule has 112 valence electrons. The van der Waals surface area contributed by atoms with Gasteiger partial charge < -0.3 is 14.5 Å². The number of para-hydroxylation sites is 1. The first-order valence-electron chi connectivity index (χ1n) is 7.09. The predicted octanol–water partition coefficient (Wildman–Crippen LogP) is 4.92. The van der Waals surface area contributed by atoms with Crippen LogP contribution in [0.25, 0.3) is 33.7 Å². The first-order chi connectivity index (χ1) is 11.2. The molecule has 0 radical (unpaired) electrons. The van der Waals surface area contributed by atoms with Gasteiger partial charge in [0, 0.05) is 10.9 Å². The van der Waals surface area contributed by atoms with Gasteiger partial charge in [-0.1, -0.05) is 18.2 Å². The highest BCUT2D eigenvalue weighted by Gasteiger charge is 2.09. The fourth-order valence-electron chi connectivity index (χ4n) is 2.49. The minimum Gasteiger partial charge on any atom is -0.508 e. The molecule has 0 atom stereocenters. The molecule has 4 aromatic rings. The molecule has 2 N–H and O–H groups in total. The summed E-state index contributed by atoms with van der Waals surface area (Å²) in [6.45, 7) is 0. The van der Waals surface area contributed by atoms with E-state index in [1.165, 1.54) is 0 Å². The largest absolute Gasteiger partial charge is 0.508 e. The summed E-state index contributed by atoms with van der Waals surface area (Å²) < 4.78 is 6.25. The molecule has 5 heteroatoms. The number of hydrogen-bond acceptors (Lipinski definition) is 4.